The Bertz CT molecular complexity index is 152. The number of nitrogens with zero attached hydrogens (tertiary/aromatic N) is 1. The van der Waals surface area contributed by atoms with Gasteiger partial charge in [0.1, 0.15) is 0 Å². The smallest absolute Gasteiger partial charge is 0.239 e. The standard InChI is InChI=1S/C8H16N2O/c1-6(2)7(9)8(11)10-4-3-5-10/h6-7H,3-5,9H2,1-2H3/t7-/m0/s1. The minimum Gasteiger partial charge on any atom is -0.341 e. The lowest BCUT2D eigenvalue weighted by molar-refractivity contribution is -0.137. The molecule has 1 amide bonds. The van der Waals surface area contributed by atoms with Crippen molar-refractivity contribution in [3.63, 3.8) is 0 Å². The molecule has 64 valence electrons. The lowest BCUT2D eigenvalue weighted by Gasteiger charge is -2.33. The molecule has 1 aliphatic heterocycles. The van der Waals surface area contributed by atoms with E-state index in [1.54, 1.807) is 0 Å². The summed E-state index contributed by atoms with van der Waals surface area (Å²) in [5.41, 5.74) is 5.68. The van der Waals surface area contributed by atoms with Crippen LogP contribution in [0.5, 0.6) is 0 Å². The fourth-order valence-electron chi connectivity index (χ4n) is 1.03. The molecule has 3 nitrogen and oxygen atoms in total. The number of carbonyl (C=O) groups is 1. The number of nitrogens with two attached hydrogens (primary N) is 1. The highest BCUT2D eigenvalue weighted by molar-refractivity contribution is 5.82. The number of hydrogen-bond acceptors (Lipinski definition) is 2. The Kier molecular flexibility index (Phi) is 2.49. The van der Waals surface area contributed by atoms with Gasteiger partial charge in [-0.1, -0.05) is 13.8 Å². The van der Waals surface area contributed by atoms with Crippen molar-refractivity contribution < 1.29 is 4.79 Å². The molecule has 2 N–H and O–H groups in total. The molecule has 0 saturated carbocycles. The van der Waals surface area contributed by atoms with Crippen LogP contribution in [0.3, 0.4) is 0 Å². The van der Waals surface area contributed by atoms with Crippen molar-refractivity contribution in [2.75, 3.05) is 13.1 Å². The van der Waals surface area contributed by atoms with Gasteiger partial charge in [0.15, 0.2) is 0 Å². The van der Waals surface area contributed by atoms with Gasteiger partial charge in [0.2, 0.25) is 5.91 Å². The molecule has 1 aliphatic rings. The maximum atomic E-state index is 11.4. The third kappa shape index (κ3) is 1.71. The molecule has 1 saturated heterocycles. The van der Waals surface area contributed by atoms with Gasteiger partial charge in [0, 0.05) is 13.1 Å². The first-order valence-corrected chi connectivity index (χ1v) is 4.17. The monoisotopic (exact) mass is 156 g/mol. The van der Waals surface area contributed by atoms with Gasteiger partial charge >= 0.3 is 0 Å². The van der Waals surface area contributed by atoms with E-state index in [1.807, 2.05) is 18.7 Å². The first-order chi connectivity index (χ1) is 5.13. The molecule has 3 heteroatoms. The Hall–Kier alpha value is -0.570. The van der Waals surface area contributed by atoms with Crippen molar-refractivity contribution >= 4 is 5.91 Å². The first kappa shape index (κ1) is 8.53. The summed E-state index contributed by atoms with van der Waals surface area (Å²) in [6.07, 6.45) is 1.14. The van der Waals surface area contributed by atoms with Crippen LogP contribution < -0.4 is 5.73 Å². The zero-order valence-electron chi connectivity index (χ0n) is 7.21. The second-order valence-electron chi connectivity index (χ2n) is 3.45. The molecule has 0 spiro atoms. The van der Waals surface area contributed by atoms with Crippen LogP contribution in [0.4, 0.5) is 0 Å². The van der Waals surface area contributed by atoms with Crippen LogP contribution in [0.1, 0.15) is 20.3 Å². The molecule has 11 heavy (non-hydrogen) atoms. The Balaban J connectivity index is 2.39. The van der Waals surface area contributed by atoms with E-state index in [2.05, 4.69) is 0 Å². The van der Waals surface area contributed by atoms with Gasteiger partial charge in [-0.25, -0.2) is 0 Å². The number of rotatable bonds is 2. The average Bonchev–Trinajstić information content (AvgIpc) is 1.82. The van der Waals surface area contributed by atoms with Crippen LogP contribution in [-0.2, 0) is 4.79 Å². The molecule has 0 radical (unpaired) electrons. The third-order valence-electron chi connectivity index (χ3n) is 2.17. The van der Waals surface area contributed by atoms with Crippen LogP contribution in [-0.4, -0.2) is 29.9 Å². The number of amides is 1. The summed E-state index contributed by atoms with van der Waals surface area (Å²) in [4.78, 5) is 13.2. The highest BCUT2D eigenvalue weighted by atomic mass is 16.2. The van der Waals surface area contributed by atoms with Gasteiger partial charge in [-0.15, -0.1) is 0 Å². The minimum absolute atomic E-state index is 0.117. The largest absolute Gasteiger partial charge is 0.341 e. The quantitative estimate of drug-likeness (QED) is 0.621. The molecule has 0 unspecified atom stereocenters. The lowest BCUT2D eigenvalue weighted by Crippen LogP contribution is -2.51. The van der Waals surface area contributed by atoms with Crippen molar-refractivity contribution in [1.29, 1.82) is 0 Å². The van der Waals surface area contributed by atoms with Crippen molar-refractivity contribution in [3.8, 4) is 0 Å². The fourth-order valence-corrected chi connectivity index (χ4v) is 1.03. The van der Waals surface area contributed by atoms with Gasteiger partial charge in [0.05, 0.1) is 6.04 Å². The van der Waals surface area contributed by atoms with Crippen LogP contribution in [0, 0.1) is 5.92 Å². The Morgan fingerprint density at radius 3 is 2.27 bits per heavy atom. The normalized spacial score (nSPS) is 19.8. The third-order valence-corrected chi connectivity index (χ3v) is 2.17. The summed E-state index contributed by atoms with van der Waals surface area (Å²) < 4.78 is 0. The summed E-state index contributed by atoms with van der Waals surface area (Å²) >= 11 is 0. The van der Waals surface area contributed by atoms with E-state index in [-0.39, 0.29) is 17.9 Å². The van der Waals surface area contributed by atoms with Crippen LogP contribution in [0.2, 0.25) is 0 Å². The summed E-state index contributed by atoms with van der Waals surface area (Å²) in [5.74, 6) is 0.370. The van der Waals surface area contributed by atoms with Gasteiger partial charge in [-0.2, -0.15) is 0 Å². The topological polar surface area (TPSA) is 46.3 Å². The minimum atomic E-state index is -0.296. The average molecular weight is 156 g/mol. The first-order valence-electron chi connectivity index (χ1n) is 4.17. The van der Waals surface area contributed by atoms with Gasteiger partial charge in [0.25, 0.3) is 0 Å². The maximum absolute atomic E-state index is 11.4. The summed E-state index contributed by atoms with van der Waals surface area (Å²) in [6, 6.07) is -0.296. The predicted octanol–water partition coefficient (Wildman–Crippen LogP) is 0.202. The molecular weight excluding hydrogens is 140 g/mol. The molecule has 1 heterocycles. The Morgan fingerprint density at radius 1 is 1.45 bits per heavy atom. The zero-order chi connectivity index (χ0) is 8.43. The maximum Gasteiger partial charge on any atom is 0.239 e. The summed E-state index contributed by atoms with van der Waals surface area (Å²) in [7, 11) is 0. The Labute approximate surface area is 67.5 Å². The van der Waals surface area contributed by atoms with Crippen molar-refractivity contribution in [3.05, 3.63) is 0 Å². The zero-order valence-corrected chi connectivity index (χ0v) is 7.21. The van der Waals surface area contributed by atoms with E-state index in [4.69, 9.17) is 5.73 Å². The van der Waals surface area contributed by atoms with Crippen molar-refractivity contribution in [2.45, 2.75) is 26.3 Å². The molecule has 1 rings (SSSR count). The van der Waals surface area contributed by atoms with E-state index in [9.17, 15) is 4.79 Å². The molecule has 0 aromatic carbocycles. The molecule has 0 bridgehead atoms. The fraction of sp³-hybridized carbons (Fsp3) is 0.875. The van der Waals surface area contributed by atoms with Crippen molar-refractivity contribution in [2.24, 2.45) is 11.7 Å². The highest BCUT2D eigenvalue weighted by Crippen LogP contribution is 2.10. The van der Waals surface area contributed by atoms with Crippen molar-refractivity contribution in [1.82, 2.24) is 4.90 Å². The van der Waals surface area contributed by atoms with Crippen LogP contribution in [0.25, 0.3) is 0 Å². The predicted molar refractivity (Wildman–Crippen MR) is 44.0 cm³/mol. The van der Waals surface area contributed by atoms with E-state index in [0.29, 0.717) is 0 Å². The van der Waals surface area contributed by atoms with Gasteiger partial charge in [-0.3, -0.25) is 4.79 Å². The Morgan fingerprint density at radius 2 is 2.00 bits per heavy atom. The molecule has 0 aromatic heterocycles. The molecular formula is C8H16N2O. The number of carbonyl (C=O) groups excluding carboxylic acids is 1. The molecule has 1 fully saturated rings. The van der Waals surface area contributed by atoms with E-state index in [1.165, 1.54) is 0 Å². The molecule has 0 aliphatic carbocycles. The van der Waals surface area contributed by atoms with E-state index < -0.39 is 0 Å². The van der Waals surface area contributed by atoms with E-state index >= 15 is 0 Å². The molecule has 1 atom stereocenters. The summed E-state index contributed by atoms with van der Waals surface area (Å²) in [6.45, 7) is 5.75. The molecule has 0 aromatic rings. The second kappa shape index (κ2) is 3.22. The SMILES string of the molecule is CC(C)[C@H](N)C(=O)N1CCC1. The highest BCUT2D eigenvalue weighted by Gasteiger charge is 2.26. The van der Waals surface area contributed by atoms with Gasteiger partial charge in [-0.05, 0) is 12.3 Å². The number of likely N-dealkylation sites (tertiary alicyclic amines) is 1. The lowest BCUT2D eigenvalue weighted by atomic mass is 10.0. The van der Waals surface area contributed by atoms with Crippen LogP contribution in [0.15, 0.2) is 0 Å². The summed E-state index contributed by atoms with van der Waals surface area (Å²) in [5, 5.41) is 0. The van der Waals surface area contributed by atoms with E-state index in [0.717, 1.165) is 19.5 Å². The second-order valence-corrected chi connectivity index (χ2v) is 3.45. The number of hydrogen-bond donors (Lipinski definition) is 1. The van der Waals surface area contributed by atoms with Crippen LogP contribution >= 0.6 is 0 Å². The van der Waals surface area contributed by atoms with Gasteiger partial charge < -0.3 is 10.6 Å².